The van der Waals surface area contributed by atoms with Gasteiger partial charge in [-0.15, -0.1) is 0 Å². The molecule has 3 aliphatic heterocycles. The summed E-state index contributed by atoms with van der Waals surface area (Å²) < 4.78 is 8.43. The summed E-state index contributed by atoms with van der Waals surface area (Å²) in [5, 5.41) is 2.49. The van der Waals surface area contributed by atoms with Gasteiger partial charge in [0.1, 0.15) is 17.9 Å². The van der Waals surface area contributed by atoms with Gasteiger partial charge >= 0.3 is 0 Å². The Labute approximate surface area is 336 Å². The predicted molar refractivity (Wildman–Crippen MR) is 223 cm³/mol. The Morgan fingerprint density at radius 2 is 1.73 bits per heavy atom. The molecule has 0 bridgehead atoms. The van der Waals surface area contributed by atoms with Crippen molar-refractivity contribution in [3.63, 3.8) is 0 Å². The molecule has 1 saturated carbocycles. The lowest BCUT2D eigenvalue weighted by molar-refractivity contribution is -0.124. The maximum Gasteiger partial charge on any atom is 0.265 e. The number of amidine groups is 1. The van der Waals surface area contributed by atoms with E-state index in [4.69, 9.17) is 9.73 Å². The summed E-state index contributed by atoms with van der Waals surface area (Å²) in [5.41, 5.74) is 5.78. The molecule has 3 atom stereocenters. The molecule has 1 aliphatic carbocycles. The number of aliphatic imine (C=N–C) groups is 2. The molecule has 1 aromatic rings. The second kappa shape index (κ2) is 23.2. The molecule has 56 heavy (non-hydrogen) atoms. The Balaban J connectivity index is 0.00000342. The number of aldehydes is 1. The van der Waals surface area contributed by atoms with Gasteiger partial charge in [-0.05, 0) is 82.8 Å². The lowest BCUT2D eigenvalue weighted by Crippen LogP contribution is -2.48. The first kappa shape index (κ1) is 44.6. The minimum Gasteiger partial charge on any atom is -0.493 e. The van der Waals surface area contributed by atoms with Gasteiger partial charge in [0.05, 0.1) is 29.8 Å². The first-order chi connectivity index (χ1) is 27.3. The van der Waals surface area contributed by atoms with E-state index in [9.17, 15) is 24.0 Å². The lowest BCUT2D eigenvalue weighted by atomic mass is 10.00. The van der Waals surface area contributed by atoms with Crippen LogP contribution in [0.3, 0.4) is 0 Å². The molecule has 306 valence electrons. The molecule has 4 amide bonds. The topological polar surface area (TPSA) is 167 Å². The summed E-state index contributed by atoms with van der Waals surface area (Å²) >= 11 is 1.94. The standard InChI is InChI=1S/C41H56N6O6S.CH5N/c1-29-13-11-15-34(29)47-37(50)20-17-30(27-42-2)39(47)44-31-21-23-45(24-22-31)54-26-10-8-6-4-5-7-9-25-53-35-16-12-14-33-38(35)41(52)46(40(33)51)32(28-48)18-19-36(49)43-3;1-2/h12,14,16-17,20,27-29,31-32,34H,2,4-11,13,15,18-19,21-26H2,1,3H3,(H,43,49);2H2,1H3/b30-27-,44-39?;. The van der Waals surface area contributed by atoms with E-state index in [1.54, 1.807) is 30.5 Å². The van der Waals surface area contributed by atoms with E-state index >= 15 is 0 Å². The van der Waals surface area contributed by atoms with E-state index in [0.29, 0.717) is 24.6 Å². The third-order valence-corrected chi connectivity index (χ3v) is 12.1. The number of ether oxygens (including phenoxy) is 1. The van der Waals surface area contributed by atoms with Gasteiger partial charge in [0, 0.05) is 56.2 Å². The molecule has 3 unspecified atom stereocenters. The van der Waals surface area contributed by atoms with Gasteiger partial charge in [-0.3, -0.25) is 43.3 Å². The molecule has 1 saturated heterocycles. The second-order valence-corrected chi connectivity index (χ2v) is 15.8. The first-order valence-corrected chi connectivity index (χ1v) is 21.2. The van der Waals surface area contributed by atoms with Crippen LogP contribution in [0.15, 0.2) is 52.1 Å². The molecule has 3 N–H and O–H groups in total. The summed E-state index contributed by atoms with van der Waals surface area (Å²) in [4.78, 5) is 74.8. The summed E-state index contributed by atoms with van der Waals surface area (Å²) in [6.45, 7) is 8.29. The number of hydrogen-bond donors (Lipinski definition) is 2. The summed E-state index contributed by atoms with van der Waals surface area (Å²) in [6, 6.07) is 4.30. The molecule has 1 aromatic carbocycles. The van der Waals surface area contributed by atoms with Crippen LogP contribution in [0.4, 0.5) is 0 Å². The highest BCUT2D eigenvalue weighted by molar-refractivity contribution is 7.97. The smallest absolute Gasteiger partial charge is 0.265 e. The first-order valence-electron chi connectivity index (χ1n) is 20.3. The number of carbonyl (C=O) groups is 5. The zero-order valence-corrected chi connectivity index (χ0v) is 34.3. The number of carbonyl (C=O) groups excluding carboxylic acids is 5. The van der Waals surface area contributed by atoms with Crippen LogP contribution in [0.5, 0.6) is 5.75 Å². The van der Waals surface area contributed by atoms with Crippen LogP contribution in [-0.4, -0.2) is 114 Å². The Morgan fingerprint density at radius 3 is 2.39 bits per heavy atom. The van der Waals surface area contributed by atoms with Crippen molar-refractivity contribution in [3.05, 3.63) is 53.3 Å². The highest BCUT2D eigenvalue weighted by Gasteiger charge is 2.42. The van der Waals surface area contributed by atoms with Gasteiger partial charge in [-0.25, -0.2) is 0 Å². The third-order valence-electron chi connectivity index (χ3n) is 10.9. The van der Waals surface area contributed by atoms with Crippen LogP contribution in [-0.2, 0) is 14.4 Å². The van der Waals surface area contributed by atoms with Crippen LogP contribution < -0.4 is 15.8 Å². The maximum absolute atomic E-state index is 13.2. The number of fused-ring (bicyclic) bond motifs is 1. The van der Waals surface area contributed by atoms with Gasteiger partial charge in [-0.2, -0.15) is 0 Å². The predicted octanol–water partition coefficient (Wildman–Crippen LogP) is 5.74. The van der Waals surface area contributed by atoms with Crippen molar-refractivity contribution in [1.82, 2.24) is 19.4 Å². The largest absolute Gasteiger partial charge is 0.493 e. The number of nitrogens with zero attached hydrogens (tertiary/aromatic N) is 5. The molecule has 5 rings (SSSR count). The number of benzene rings is 1. The minimum absolute atomic E-state index is 0.0249. The maximum atomic E-state index is 13.2. The SMILES string of the molecule is C=N/C=C1/C=CC(=O)N(C2CCCC2C)C1=NC1CCN(SCCCCCCCCCOc2cccc3c2C(=O)N(C(C=O)CCC(=O)NC)C3=O)CC1.CN. The number of imide groups is 1. The highest BCUT2D eigenvalue weighted by atomic mass is 32.2. The lowest BCUT2D eigenvalue weighted by Gasteiger charge is -2.36. The minimum atomic E-state index is -1.01. The fraction of sp³-hybridized carbons (Fsp3) is 0.595. The summed E-state index contributed by atoms with van der Waals surface area (Å²) in [7, 11) is 3.00. The molecule has 2 fully saturated rings. The van der Waals surface area contributed by atoms with E-state index in [2.05, 4.69) is 34.0 Å². The normalized spacial score (nSPS) is 22.0. The van der Waals surface area contributed by atoms with Gasteiger partial charge in [0.15, 0.2) is 0 Å². The molecular formula is C42H61N7O6S. The van der Waals surface area contributed by atoms with Crippen molar-refractivity contribution in [2.75, 3.05) is 39.5 Å². The fourth-order valence-electron chi connectivity index (χ4n) is 7.82. The quantitative estimate of drug-likeness (QED) is 0.0550. The Morgan fingerprint density at radius 1 is 1.02 bits per heavy atom. The number of rotatable bonds is 20. The number of piperidine rings is 1. The van der Waals surface area contributed by atoms with Gasteiger partial charge < -0.3 is 20.6 Å². The van der Waals surface area contributed by atoms with Crippen LogP contribution in [0.1, 0.15) is 118 Å². The van der Waals surface area contributed by atoms with Gasteiger partial charge in [0.25, 0.3) is 17.7 Å². The van der Waals surface area contributed by atoms with Crippen LogP contribution >= 0.6 is 11.9 Å². The van der Waals surface area contributed by atoms with Crippen LogP contribution in [0, 0.1) is 5.92 Å². The van der Waals surface area contributed by atoms with Crippen molar-refractivity contribution < 1.29 is 28.7 Å². The van der Waals surface area contributed by atoms with Crippen molar-refractivity contribution in [2.24, 2.45) is 21.6 Å². The molecule has 0 spiro atoms. The van der Waals surface area contributed by atoms with Crippen LogP contribution in [0.25, 0.3) is 0 Å². The van der Waals surface area contributed by atoms with E-state index in [-0.39, 0.29) is 47.9 Å². The second-order valence-electron chi connectivity index (χ2n) is 14.6. The molecule has 14 heteroatoms. The molecule has 13 nitrogen and oxygen atoms in total. The number of nitrogens with one attached hydrogen (secondary N) is 1. The molecule has 4 aliphatic rings. The monoisotopic (exact) mass is 791 g/mol. The number of amides is 4. The van der Waals surface area contributed by atoms with Crippen molar-refractivity contribution in [3.8, 4) is 5.75 Å². The van der Waals surface area contributed by atoms with Gasteiger partial charge in [-0.1, -0.05) is 63.5 Å². The highest BCUT2D eigenvalue weighted by Crippen LogP contribution is 2.34. The average Bonchev–Trinajstić information content (AvgIpc) is 3.75. The fourth-order valence-corrected chi connectivity index (χ4v) is 8.88. The molecule has 0 aromatic heterocycles. The number of hydrogen-bond acceptors (Lipinski definition) is 11. The third kappa shape index (κ3) is 11.7. The Bertz CT molecular complexity index is 1620. The summed E-state index contributed by atoms with van der Waals surface area (Å²) in [6.07, 6.45) is 18.8. The Kier molecular flexibility index (Phi) is 18.4. The molecule has 0 radical (unpaired) electrons. The van der Waals surface area contributed by atoms with E-state index in [0.717, 1.165) is 92.9 Å². The van der Waals surface area contributed by atoms with Crippen LogP contribution in [0.2, 0.25) is 0 Å². The molecule has 3 heterocycles. The van der Waals surface area contributed by atoms with Crippen molar-refractivity contribution >= 4 is 54.4 Å². The molecular weight excluding hydrogens is 731 g/mol. The van der Waals surface area contributed by atoms with E-state index in [1.165, 1.54) is 33.4 Å². The Hall–Kier alpha value is -4.14. The zero-order valence-electron chi connectivity index (χ0n) is 33.5. The van der Waals surface area contributed by atoms with Crippen molar-refractivity contribution in [2.45, 2.75) is 115 Å². The average molecular weight is 792 g/mol. The number of unbranched alkanes of at least 4 members (excludes halogenated alkanes) is 6. The van der Waals surface area contributed by atoms with Gasteiger partial charge in [0.2, 0.25) is 5.91 Å². The van der Waals surface area contributed by atoms with Crippen molar-refractivity contribution in [1.29, 1.82) is 0 Å². The number of nitrogens with two attached hydrogens (primary N) is 1. The van der Waals surface area contributed by atoms with E-state index in [1.807, 2.05) is 22.9 Å². The summed E-state index contributed by atoms with van der Waals surface area (Å²) in [5.74, 6) is 1.36. The zero-order chi connectivity index (χ0) is 40.5. The van der Waals surface area contributed by atoms with E-state index < -0.39 is 17.9 Å².